The lowest BCUT2D eigenvalue weighted by Crippen LogP contribution is -2.35. The lowest BCUT2D eigenvalue weighted by atomic mass is 10.0. The van der Waals surface area contributed by atoms with Gasteiger partial charge in [0.25, 0.3) is 0 Å². The number of imidazole rings is 1. The molecule has 2 aromatic heterocycles. The van der Waals surface area contributed by atoms with Gasteiger partial charge >= 0.3 is 0 Å². The van der Waals surface area contributed by atoms with Crippen LogP contribution in [-0.2, 0) is 20.8 Å². The highest BCUT2D eigenvalue weighted by atomic mass is 19.1. The van der Waals surface area contributed by atoms with Crippen molar-refractivity contribution in [1.29, 1.82) is 0 Å². The molecule has 0 atom stereocenters. The lowest BCUT2D eigenvalue weighted by Gasteiger charge is -2.16. The SMILES string of the molecule is O=C(Cc1cn2nc(Oc3ccc(NC(=O)C4(C(=O)Nc5ccccc5)CC4)c(F)c3)ccc2n1)C1CC1. The maximum atomic E-state index is 14.9. The van der Waals surface area contributed by atoms with Crippen molar-refractivity contribution in [3.05, 3.63) is 78.4 Å². The van der Waals surface area contributed by atoms with E-state index in [0.717, 1.165) is 18.9 Å². The van der Waals surface area contributed by atoms with Crippen LogP contribution in [0.15, 0.2) is 66.9 Å². The lowest BCUT2D eigenvalue weighted by molar-refractivity contribution is -0.131. The smallest absolute Gasteiger partial charge is 0.240 e. The highest BCUT2D eigenvalue weighted by Gasteiger charge is 2.56. The summed E-state index contributed by atoms with van der Waals surface area (Å²) in [4.78, 5) is 42.1. The van der Waals surface area contributed by atoms with Gasteiger partial charge in [-0.2, -0.15) is 0 Å². The van der Waals surface area contributed by atoms with E-state index in [2.05, 4.69) is 20.7 Å². The zero-order chi connectivity index (χ0) is 26.3. The molecule has 2 saturated carbocycles. The average Bonchev–Trinajstić information content (AvgIpc) is 3.83. The molecule has 2 aromatic carbocycles. The number of anilines is 2. The van der Waals surface area contributed by atoms with Crippen molar-refractivity contribution in [2.75, 3.05) is 10.6 Å². The van der Waals surface area contributed by atoms with Crippen LogP contribution in [-0.4, -0.2) is 32.2 Å². The molecule has 6 rings (SSSR count). The van der Waals surface area contributed by atoms with Crippen LogP contribution in [0.4, 0.5) is 15.8 Å². The molecule has 192 valence electrons. The molecule has 2 heterocycles. The highest BCUT2D eigenvalue weighted by Crippen LogP contribution is 2.47. The Morgan fingerprint density at radius 2 is 1.76 bits per heavy atom. The number of carbonyl (C=O) groups excluding carboxylic acids is 3. The summed E-state index contributed by atoms with van der Waals surface area (Å²) in [6.45, 7) is 0. The number of nitrogens with one attached hydrogen (secondary N) is 2. The van der Waals surface area contributed by atoms with Crippen LogP contribution >= 0.6 is 0 Å². The summed E-state index contributed by atoms with van der Waals surface area (Å²) in [7, 11) is 0. The summed E-state index contributed by atoms with van der Waals surface area (Å²) in [6.07, 6.45) is 4.64. The molecule has 0 bridgehead atoms. The van der Waals surface area contributed by atoms with Gasteiger partial charge < -0.3 is 15.4 Å². The van der Waals surface area contributed by atoms with E-state index in [0.29, 0.717) is 29.9 Å². The van der Waals surface area contributed by atoms with E-state index in [1.807, 2.05) is 6.07 Å². The number of Topliss-reactive ketones (excluding diaryl/α,β-unsaturated/α-hetero) is 1. The van der Waals surface area contributed by atoms with Crippen molar-refractivity contribution in [1.82, 2.24) is 14.6 Å². The molecule has 0 aliphatic heterocycles. The number of fused-ring (bicyclic) bond motifs is 1. The Kier molecular flexibility index (Phi) is 5.86. The fraction of sp³-hybridized carbons (Fsp3) is 0.250. The van der Waals surface area contributed by atoms with E-state index < -0.39 is 23.0 Å². The minimum absolute atomic E-state index is 0.0517. The van der Waals surface area contributed by atoms with E-state index in [1.165, 1.54) is 16.6 Å². The van der Waals surface area contributed by atoms with Crippen molar-refractivity contribution < 1.29 is 23.5 Å². The van der Waals surface area contributed by atoms with E-state index in [4.69, 9.17) is 4.74 Å². The van der Waals surface area contributed by atoms with Crippen LogP contribution in [0.5, 0.6) is 11.6 Å². The second kappa shape index (κ2) is 9.37. The van der Waals surface area contributed by atoms with Crippen LogP contribution < -0.4 is 15.4 Å². The van der Waals surface area contributed by atoms with Gasteiger partial charge in [-0.25, -0.2) is 13.9 Å². The average molecular weight is 514 g/mol. The summed E-state index contributed by atoms with van der Waals surface area (Å²) < 4.78 is 22.1. The molecule has 2 amide bonds. The van der Waals surface area contributed by atoms with Gasteiger partial charge in [0.1, 0.15) is 22.8 Å². The number of rotatable bonds is 9. The summed E-state index contributed by atoms with van der Waals surface area (Å²) in [5.41, 5.74) is 0.539. The summed E-state index contributed by atoms with van der Waals surface area (Å²) in [5.74, 6) is -0.934. The van der Waals surface area contributed by atoms with Gasteiger partial charge in [-0.05, 0) is 56.0 Å². The molecule has 4 aromatic rings. The van der Waals surface area contributed by atoms with E-state index in [-0.39, 0.29) is 35.4 Å². The number of amides is 2. The fourth-order valence-electron chi connectivity index (χ4n) is 4.26. The standard InChI is InChI=1S/C28H24FN5O4/c29-21-15-20(38-25-11-10-24-30-19(16-34(24)33-25)14-23(35)17-6-7-17)8-9-22(21)32-27(37)28(12-13-28)26(36)31-18-4-2-1-3-5-18/h1-5,8-11,15-17H,6-7,12-14H2,(H,31,36)(H,32,37). The molecule has 0 unspecified atom stereocenters. The number of nitrogens with zero attached hydrogens (tertiary/aromatic N) is 3. The normalized spacial score (nSPS) is 15.6. The van der Waals surface area contributed by atoms with Gasteiger partial charge in [0, 0.05) is 23.7 Å². The predicted molar refractivity (Wildman–Crippen MR) is 136 cm³/mol. The Bertz CT molecular complexity index is 1560. The second-order valence-corrected chi connectivity index (χ2v) is 9.72. The van der Waals surface area contributed by atoms with E-state index in [9.17, 15) is 18.8 Å². The first-order valence-corrected chi connectivity index (χ1v) is 12.4. The number of halogens is 1. The first-order chi connectivity index (χ1) is 18.4. The number of aromatic nitrogens is 3. The number of para-hydroxylation sites is 1. The maximum absolute atomic E-state index is 14.9. The predicted octanol–water partition coefficient (Wildman–Crippen LogP) is 4.54. The maximum Gasteiger partial charge on any atom is 0.240 e. The minimum atomic E-state index is -1.22. The number of ether oxygens (including phenoxy) is 1. The van der Waals surface area contributed by atoms with E-state index >= 15 is 0 Å². The number of ketones is 1. The first kappa shape index (κ1) is 23.8. The topological polar surface area (TPSA) is 115 Å². The second-order valence-electron chi connectivity index (χ2n) is 9.72. The van der Waals surface area contributed by atoms with Gasteiger partial charge in [0.2, 0.25) is 17.7 Å². The Morgan fingerprint density at radius 3 is 2.47 bits per heavy atom. The molecule has 10 heteroatoms. The Balaban J connectivity index is 1.11. The number of hydrogen-bond donors (Lipinski definition) is 2. The summed E-state index contributed by atoms with van der Waals surface area (Å²) >= 11 is 0. The molecule has 38 heavy (non-hydrogen) atoms. The quantitative estimate of drug-likeness (QED) is 0.318. The number of hydrogen-bond acceptors (Lipinski definition) is 6. The van der Waals surface area contributed by atoms with Crippen molar-refractivity contribution in [2.24, 2.45) is 11.3 Å². The Morgan fingerprint density at radius 1 is 1.00 bits per heavy atom. The highest BCUT2D eigenvalue weighted by molar-refractivity contribution is 6.16. The minimum Gasteiger partial charge on any atom is -0.437 e. The van der Waals surface area contributed by atoms with E-state index in [1.54, 1.807) is 42.6 Å². The third-order valence-corrected chi connectivity index (χ3v) is 6.80. The zero-order valence-electron chi connectivity index (χ0n) is 20.3. The zero-order valence-corrected chi connectivity index (χ0v) is 20.3. The van der Waals surface area contributed by atoms with Gasteiger partial charge in [-0.1, -0.05) is 18.2 Å². The van der Waals surface area contributed by atoms with Gasteiger partial charge in [-0.15, -0.1) is 5.10 Å². The van der Waals surface area contributed by atoms with Crippen molar-refractivity contribution in [3.63, 3.8) is 0 Å². The molecule has 0 saturated heterocycles. The van der Waals surface area contributed by atoms with Gasteiger partial charge in [0.05, 0.1) is 24.0 Å². The Hall–Kier alpha value is -4.60. The first-order valence-electron chi connectivity index (χ1n) is 12.4. The molecule has 0 spiro atoms. The fourth-order valence-corrected chi connectivity index (χ4v) is 4.26. The molecule has 2 aliphatic carbocycles. The third-order valence-electron chi connectivity index (χ3n) is 6.80. The monoisotopic (exact) mass is 513 g/mol. The molecular weight excluding hydrogens is 489 g/mol. The van der Waals surface area contributed by atoms with Crippen molar-refractivity contribution in [3.8, 4) is 11.6 Å². The molecule has 0 radical (unpaired) electrons. The molecule has 2 fully saturated rings. The van der Waals surface area contributed by atoms with Crippen molar-refractivity contribution >= 4 is 34.6 Å². The summed E-state index contributed by atoms with van der Waals surface area (Å²) in [6, 6.07) is 16.2. The third kappa shape index (κ3) is 4.84. The molecule has 2 aliphatic rings. The van der Waals surface area contributed by atoms with Crippen LogP contribution in [0.25, 0.3) is 5.65 Å². The number of benzene rings is 2. The largest absolute Gasteiger partial charge is 0.437 e. The summed E-state index contributed by atoms with van der Waals surface area (Å²) in [5, 5.41) is 9.63. The molecular formula is C28H24FN5O4. The van der Waals surface area contributed by atoms with Crippen LogP contribution in [0.2, 0.25) is 0 Å². The molecule has 9 nitrogen and oxygen atoms in total. The van der Waals surface area contributed by atoms with Crippen LogP contribution in [0.1, 0.15) is 31.4 Å². The van der Waals surface area contributed by atoms with Gasteiger partial charge in [0.15, 0.2) is 5.65 Å². The Labute approximate surface area is 217 Å². The van der Waals surface area contributed by atoms with Crippen LogP contribution in [0, 0.1) is 17.2 Å². The van der Waals surface area contributed by atoms with Gasteiger partial charge in [-0.3, -0.25) is 14.4 Å². The number of carbonyl (C=O) groups is 3. The van der Waals surface area contributed by atoms with Crippen molar-refractivity contribution in [2.45, 2.75) is 32.1 Å². The molecule has 2 N–H and O–H groups in total. The van der Waals surface area contributed by atoms with Crippen LogP contribution in [0.3, 0.4) is 0 Å².